The number of amides is 1. The van der Waals surface area contributed by atoms with Gasteiger partial charge in [-0.05, 0) is 55.3 Å². The molecule has 6 nitrogen and oxygen atoms in total. The molecule has 2 rings (SSSR count). The first-order valence-corrected chi connectivity index (χ1v) is 9.16. The predicted molar refractivity (Wildman–Crippen MR) is 97.4 cm³/mol. The SMILES string of the molecule is Cc1ccc(C)c(OCC(=O)Nc2ccc(S(=O)(=O)N(C)C)cc2)c1. The van der Waals surface area contributed by atoms with E-state index in [-0.39, 0.29) is 17.4 Å². The Morgan fingerprint density at radius 1 is 1.08 bits per heavy atom. The van der Waals surface area contributed by atoms with Crippen LogP contribution in [0.1, 0.15) is 11.1 Å². The number of nitrogens with one attached hydrogen (secondary N) is 1. The predicted octanol–water partition coefficient (Wildman–Crippen LogP) is 2.57. The second kappa shape index (κ2) is 7.67. The Hall–Kier alpha value is -2.38. The number of hydrogen-bond donors (Lipinski definition) is 1. The normalized spacial score (nSPS) is 11.4. The zero-order valence-corrected chi connectivity index (χ0v) is 15.6. The van der Waals surface area contributed by atoms with E-state index >= 15 is 0 Å². The maximum absolute atomic E-state index is 12.0. The quantitative estimate of drug-likeness (QED) is 0.857. The summed E-state index contributed by atoms with van der Waals surface area (Å²) < 4.78 is 30.7. The van der Waals surface area contributed by atoms with Gasteiger partial charge in [-0.3, -0.25) is 4.79 Å². The second-order valence-electron chi connectivity index (χ2n) is 5.92. The smallest absolute Gasteiger partial charge is 0.262 e. The van der Waals surface area contributed by atoms with Crippen LogP contribution in [0.4, 0.5) is 5.69 Å². The number of rotatable bonds is 6. The highest BCUT2D eigenvalue weighted by molar-refractivity contribution is 7.89. The highest BCUT2D eigenvalue weighted by Gasteiger charge is 2.16. The maximum atomic E-state index is 12.0. The molecular weight excluding hydrogens is 340 g/mol. The van der Waals surface area contributed by atoms with E-state index in [0.717, 1.165) is 15.4 Å². The molecular formula is C18H22N2O4S. The minimum absolute atomic E-state index is 0.123. The standard InChI is InChI=1S/C18H22N2O4S/c1-13-5-6-14(2)17(11-13)24-12-18(21)19-15-7-9-16(10-8-15)25(22,23)20(3)4/h5-11H,12H2,1-4H3,(H,19,21). The molecule has 0 heterocycles. The third-order valence-corrected chi connectivity index (χ3v) is 5.45. The maximum Gasteiger partial charge on any atom is 0.262 e. The molecule has 1 amide bonds. The Labute approximate surface area is 148 Å². The van der Waals surface area contributed by atoms with Crippen LogP contribution in [-0.2, 0) is 14.8 Å². The number of anilines is 1. The van der Waals surface area contributed by atoms with Gasteiger partial charge in [-0.25, -0.2) is 12.7 Å². The molecule has 0 atom stereocenters. The van der Waals surface area contributed by atoms with Gasteiger partial charge in [-0.2, -0.15) is 0 Å². The van der Waals surface area contributed by atoms with Gasteiger partial charge in [-0.15, -0.1) is 0 Å². The monoisotopic (exact) mass is 362 g/mol. The van der Waals surface area contributed by atoms with Gasteiger partial charge in [0.1, 0.15) is 5.75 Å². The topological polar surface area (TPSA) is 75.7 Å². The van der Waals surface area contributed by atoms with Crippen molar-refractivity contribution in [3.8, 4) is 5.75 Å². The molecule has 7 heteroatoms. The number of hydrogen-bond acceptors (Lipinski definition) is 4. The third-order valence-electron chi connectivity index (χ3n) is 3.62. The van der Waals surface area contributed by atoms with Crippen molar-refractivity contribution < 1.29 is 17.9 Å². The van der Waals surface area contributed by atoms with Gasteiger partial charge in [0, 0.05) is 19.8 Å². The molecule has 0 aliphatic heterocycles. The molecule has 2 aromatic carbocycles. The van der Waals surface area contributed by atoms with Crippen molar-refractivity contribution >= 4 is 21.6 Å². The summed E-state index contributed by atoms with van der Waals surface area (Å²) in [7, 11) is -0.546. The molecule has 0 aliphatic carbocycles. The van der Waals surface area contributed by atoms with Crippen LogP contribution in [0.2, 0.25) is 0 Å². The molecule has 0 bridgehead atoms. The average Bonchev–Trinajstić information content (AvgIpc) is 2.56. The lowest BCUT2D eigenvalue weighted by molar-refractivity contribution is -0.118. The van der Waals surface area contributed by atoms with Crippen LogP contribution in [0.15, 0.2) is 47.4 Å². The molecule has 0 unspecified atom stereocenters. The number of aryl methyl sites for hydroxylation is 2. The van der Waals surface area contributed by atoms with Crippen molar-refractivity contribution in [3.05, 3.63) is 53.6 Å². The van der Waals surface area contributed by atoms with Crippen LogP contribution in [0.5, 0.6) is 5.75 Å². The van der Waals surface area contributed by atoms with Gasteiger partial charge < -0.3 is 10.1 Å². The van der Waals surface area contributed by atoms with Crippen molar-refractivity contribution in [1.82, 2.24) is 4.31 Å². The molecule has 0 aromatic heterocycles. The van der Waals surface area contributed by atoms with E-state index in [0.29, 0.717) is 11.4 Å². The molecule has 1 N–H and O–H groups in total. The van der Waals surface area contributed by atoms with Crippen molar-refractivity contribution in [1.29, 1.82) is 0 Å². The van der Waals surface area contributed by atoms with E-state index in [4.69, 9.17) is 4.74 Å². The van der Waals surface area contributed by atoms with E-state index in [1.165, 1.54) is 26.2 Å². The molecule has 0 radical (unpaired) electrons. The second-order valence-corrected chi connectivity index (χ2v) is 8.07. The Morgan fingerprint density at radius 2 is 1.72 bits per heavy atom. The summed E-state index contributed by atoms with van der Waals surface area (Å²) in [5.41, 5.74) is 2.52. The zero-order chi connectivity index (χ0) is 18.6. The largest absolute Gasteiger partial charge is 0.483 e. The van der Waals surface area contributed by atoms with Crippen molar-refractivity contribution in [2.24, 2.45) is 0 Å². The lowest BCUT2D eigenvalue weighted by atomic mass is 10.1. The summed E-state index contributed by atoms with van der Waals surface area (Å²) >= 11 is 0. The molecule has 0 spiro atoms. The Balaban J connectivity index is 1.98. The molecule has 2 aromatic rings. The van der Waals surface area contributed by atoms with Crippen LogP contribution in [0.25, 0.3) is 0 Å². The molecule has 25 heavy (non-hydrogen) atoms. The summed E-state index contributed by atoms with van der Waals surface area (Å²) in [6.07, 6.45) is 0. The van der Waals surface area contributed by atoms with Crippen LogP contribution < -0.4 is 10.1 Å². The number of nitrogens with zero attached hydrogens (tertiary/aromatic N) is 1. The lowest BCUT2D eigenvalue weighted by Crippen LogP contribution is -2.22. The van der Waals surface area contributed by atoms with E-state index in [9.17, 15) is 13.2 Å². The molecule has 0 fully saturated rings. The molecule has 134 valence electrons. The van der Waals surface area contributed by atoms with E-state index in [2.05, 4.69) is 5.32 Å². The summed E-state index contributed by atoms with van der Waals surface area (Å²) in [5.74, 6) is 0.353. The van der Waals surface area contributed by atoms with E-state index < -0.39 is 10.0 Å². The molecule has 0 saturated heterocycles. The first-order chi connectivity index (χ1) is 11.7. The van der Waals surface area contributed by atoms with Crippen LogP contribution in [0.3, 0.4) is 0 Å². The minimum atomic E-state index is -3.48. The van der Waals surface area contributed by atoms with Crippen molar-refractivity contribution in [3.63, 3.8) is 0 Å². The fraction of sp³-hybridized carbons (Fsp3) is 0.278. The number of benzene rings is 2. The van der Waals surface area contributed by atoms with Gasteiger partial charge >= 0.3 is 0 Å². The Bertz CT molecular complexity index is 859. The van der Waals surface area contributed by atoms with Gasteiger partial charge in [0.15, 0.2) is 6.61 Å². The fourth-order valence-electron chi connectivity index (χ4n) is 2.12. The van der Waals surface area contributed by atoms with Gasteiger partial charge in [0.25, 0.3) is 5.91 Å². The lowest BCUT2D eigenvalue weighted by Gasteiger charge is -2.12. The summed E-state index contributed by atoms with van der Waals surface area (Å²) in [6.45, 7) is 3.74. The van der Waals surface area contributed by atoms with Crippen LogP contribution in [0, 0.1) is 13.8 Å². The summed E-state index contributed by atoms with van der Waals surface area (Å²) in [6, 6.07) is 11.8. The van der Waals surface area contributed by atoms with E-state index in [1.807, 2.05) is 32.0 Å². The van der Waals surface area contributed by atoms with Crippen LogP contribution >= 0.6 is 0 Å². The minimum Gasteiger partial charge on any atom is -0.483 e. The third kappa shape index (κ3) is 4.80. The van der Waals surface area contributed by atoms with Gasteiger partial charge in [-0.1, -0.05) is 12.1 Å². The fourth-order valence-corrected chi connectivity index (χ4v) is 3.03. The van der Waals surface area contributed by atoms with Crippen molar-refractivity contribution in [2.45, 2.75) is 18.7 Å². The first kappa shape index (κ1) is 19.0. The molecule has 0 saturated carbocycles. The number of ether oxygens (including phenoxy) is 1. The first-order valence-electron chi connectivity index (χ1n) is 7.72. The van der Waals surface area contributed by atoms with Crippen molar-refractivity contribution in [2.75, 3.05) is 26.0 Å². The highest BCUT2D eigenvalue weighted by Crippen LogP contribution is 2.19. The van der Waals surface area contributed by atoms with Crippen LogP contribution in [-0.4, -0.2) is 39.3 Å². The molecule has 0 aliphatic rings. The summed E-state index contributed by atoms with van der Waals surface area (Å²) in [5, 5.41) is 2.68. The number of carbonyl (C=O) groups is 1. The Kier molecular flexibility index (Phi) is 5.81. The van der Waals surface area contributed by atoms with E-state index in [1.54, 1.807) is 12.1 Å². The van der Waals surface area contributed by atoms with Gasteiger partial charge in [0.2, 0.25) is 10.0 Å². The Morgan fingerprint density at radius 3 is 2.32 bits per heavy atom. The zero-order valence-electron chi connectivity index (χ0n) is 14.7. The van der Waals surface area contributed by atoms with Gasteiger partial charge in [0.05, 0.1) is 4.90 Å². The number of carbonyl (C=O) groups excluding carboxylic acids is 1. The highest BCUT2D eigenvalue weighted by atomic mass is 32.2. The average molecular weight is 362 g/mol. The summed E-state index contributed by atoms with van der Waals surface area (Å²) in [4.78, 5) is 12.2. The number of sulfonamides is 1.